The van der Waals surface area contributed by atoms with Crippen LogP contribution >= 0.6 is 23.2 Å². The van der Waals surface area contributed by atoms with E-state index in [9.17, 15) is 4.79 Å². The first-order valence-electron chi connectivity index (χ1n) is 6.38. The molecule has 0 saturated heterocycles. The molecule has 0 aliphatic carbocycles. The van der Waals surface area contributed by atoms with Crippen molar-refractivity contribution in [2.24, 2.45) is 5.10 Å². The number of carbonyl (C=O) groups is 1. The summed E-state index contributed by atoms with van der Waals surface area (Å²) < 4.78 is 0. The Morgan fingerprint density at radius 3 is 2.10 bits per heavy atom. The molecular weight excluding hydrogens is 307 g/mol. The lowest BCUT2D eigenvalue weighted by Gasteiger charge is -2.03. The minimum atomic E-state index is -0.175. The minimum absolute atomic E-state index is 0.175. The van der Waals surface area contributed by atoms with Crippen LogP contribution in [0, 0.1) is 0 Å². The molecule has 21 heavy (non-hydrogen) atoms. The Hall–Kier alpha value is -1.84. The van der Waals surface area contributed by atoms with Crippen molar-refractivity contribution >= 4 is 34.8 Å². The van der Waals surface area contributed by atoms with E-state index in [0.717, 1.165) is 16.8 Å². The summed E-state index contributed by atoms with van der Waals surface area (Å²) >= 11 is 11.6. The molecule has 0 saturated carbocycles. The van der Waals surface area contributed by atoms with E-state index in [1.807, 2.05) is 31.2 Å². The van der Waals surface area contributed by atoms with Crippen molar-refractivity contribution in [1.29, 1.82) is 0 Å². The fraction of sp³-hybridized carbons (Fsp3) is 0.125. The third kappa shape index (κ3) is 4.88. The maximum absolute atomic E-state index is 11.8. The maximum atomic E-state index is 11.8. The topological polar surface area (TPSA) is 41.5 Å². The number of carbonyl (C=O) groups excluding carboxylic acids is 1. The standard InChI is InChI=1S/C16H14Cl2N2O/c1-11(13-4-8-15(18)9-5-13)19-20-16(21)10-12-2-6-14(17)7-3-12/h2-9H,10H2,1H3,(H,20,21)/b19-11-. The molecule has 2 aromatic carbocycles. The molecule has 0 aliphatic rings. The Bertz CT molecular complexity index is 649. The van der Waals surface area contributed by atoms with E-state index in [1.165, 1.54) is 0 Å². The van der Waals surface area contributed by atoms with Gasteiger partial charge in [-0.1, -0.05) is 47.5 Å². The second-order valence-electron chi connectivity index (χ2n) is 4.54. The van der Waals surface area contributed by atoms with Gasteiger partial charge in [0.2, 0.25) is 5.91 Å². The molecule has 1 N–H and O–H groups in total. The average molecular weight is 321 g/mol. The van der Waals surface area contributed by atoms with Crippen molar-refractivity contribution in [3.8, 4) is 0 Å². The highest BCUT2D eigenvalue weighted by Crippen LogP contribution is 2.11. The fourth-order valence-corrected chi connectivity index (χ4v) is 1.98. The van der Waals surface area contributed by atoms with Gasteiger partial charge in [-0.2, -0.15) is 5.10 Å². The number of rotatable bonds is 4. The number of nitrogens with zero attached hydrogens (tertiary/aromatic N) is 1. The molecule has 0 bridgehead atoms. The Kier molecular flexibility index (Phi) is 5.37. The molecule has 2 rings (SSSR count). The Labute approximate surface area is 133 Å². The molecule has 108 valence electrons. The van der Waals surface area contributed by atoms with E-state index in [2.05, 4.69) is 10.5 Å². The number of halogens is 2. The van der Waals surface area contributed by atoms with Crippen molar-refractivity contribution in [3.63, 3.8) is 0 Å². The minimum Gasteiger partial charge on any atom is -0.273 e. The molecule has 0 heterocycles. The normalized spacial score (nSPS) is 11.3. The second kappa shape index (κ2) is 7.25. The largest absolute Gasteiger partial charge is 0.273 e. The summed E-state index contributed by atoms with van der Waals surface area (Å²) in [5.41, 5.74) is 5.05. The first-order valence-corrected chi connectivity index (χ1v) is 7.14. The zero-order chi connectivity index (χ0) is 15.2. The Balaban J connectivity index is 1.94. The van der Waals surface area contributed by atoms with Crippen LogP contribution < -0.4 is 5.43 Å². The lowest BCUT2D eigenvalue weighted by atomic mass is 10.1. The summed E-state index contributed by atoms with van der Waals surface area (Å²) in [5.74, 6) is -0.175. The number of hydrogen-bond acceptors (Lipinski definition) is 2. The summed E-state index contributed by atoms with van der Waals surface area (Å²) in [6, 6.07) is 14.4. The summed E-state index contributed by atoms with van der Waals surface area (Å²) in [5, 5.41) is 5.40. The summed E-state index contributed by atoms with van der Waals surface area (Å²) in [4.78, 5) is 11.8. The van der Waals surface area contributed by atoms with Crippen LogP contribution in [0.4, 0.5) is 0 Å². The van der Waals surface area contributed by atoms with E-state index < -0.39 is 0 Å². The van der Waals surface area contributed by atoms with E-state index in [-0.39, 0.29) is 12.3 Å². The van der Waals surface area contributed by atoms with Crippen LogP contribution in [-0.4, -0.2) is 11.6 Å². The van der Waals surface area contributed by atoms with Crippen molar-refractivity contribution < 1.29 is 4.79 Å². The first kappa shape index (κ1) is 15.5. The second-order valence-corrected chi connectivity index (χ2v) is 5.42. The molecule has 5 heteroatoms. The van der Waals surface area contributed by atoms with Crippen LogP contribution in [0.15, 0.2) is 53.6 Å². The highest BCUT2D eigenvalue weighted by atomic mass is 35.5. The van der Waals surface area contributed by atoms with Gasteiger partial charge in [-0.05, 0) is 42.3 Å². The fourth-order valence-electron chi connectivity index (χ4n) is 1.73. The number of hydrogen-bond donors (Lipinski definition) is 1. The highest BCUT2D eigenvalue weighted by molar-refractivity contribution is 6.30. The smallest absolute Gasteiger partial charge is 0.244 e. The van der Waals surface area contributed by atoms with E-state index in [0.29, 0.717) is 10.0 Å². The molecule has 0 fully saturated rings. The lowest BCUT2D eigenvalue weighted by Crippen LogP contribution is -2.21. The van der Waals surface area contributed by atoms with E-state index >= 15 is 0 Å². The van der Waals surface area contributed by atoms with Gasteiger partial charge in [0.1, 0.15) is 0 Å². The molecule has 0 aromatic heterocycles. The van der Waals surface area contributed by atoms with E-state index in [1.54, 1.807) is 24.3 Å². The quantitative estimate of drug-likeness (QED) is 0.669. The molecule has 2 aromatic rings. The van der Waals surface area contributed by atoms with Gasteiger partial charge in [0, 0.05) is 10.0 Å². The van der Waals surface area contributed by atoms with Crippen molar-refractivity contribution in [3.05, 3.63) is 69.7 Å². The van der Waals surface area contributed by atoms with Crippen LogP contribution in [-0.2, 0) is 11.2 Å². The molecule has 0 radical (unpaired) electrons. The summed E-state index contributed by atoms with van der Waals surface area (Å²) in [6.45, 7) is 1.83. The van der Waals surface area contributed by atoms with Gasteiger partial charge in [0.05, 0.1) is 12.1 Å². The predicted molar refractivity (Wildman–Crippen MR) is 87.0 cm³/mol. The molecule has 0 atom stereocenters. The number of nitrogens with one attached hydrogen (secondary N) is 1. The molecular formula is C16H14Cl2N2O. The predicted octanol–water partition coefficient (Wildman–Crippen LogP) is 4.08. The van der Waals surface area contributed by atoms with Gasteiger partial charge in [0.25, 0.3) is 0 Å². The van der Waals surface area contributed by atoms with Gasteiger partial charge in [-0.3, -0.25) is 4.79 Å². The zero-order valence-corrected chi connectivity index (χ0v) is 12.9. The maximum Gasteiger partial charge on any atom is 0.244 e. The number of amides is 1. The van der Waals surface area contributed by atoms with Crippen LogP contribution in [0.2, 0.25) is 10.0 Å². The molecule has 0 spiro atoms. The van der Waals surface area contributed by atoms with Gasteiger partial charge in [-0.15, -0.1) is 0 Å². The van der Waals surface area contributed by atoms with Crippen molar-refractivity contribution in [2.75, 3.05) is 0 Å². The SMILES string of the molecule is C/C(=N/NC(=O)Cc1ccc(Cl)cc1)c1ccc(Cl)cc1. The Morgan fingerprint density at radius 2 is 1.52 bits per heavy atom. The third-order valence-electron chi connectivity index (χ3n) is 2.89. The van der Waals surface area contributed by atoms with Crippen LogP contribution in [0.25, 0.3) is 0 Å². The van der Waals surface area contributed by atoms with Gasteiger partial charge < -0.3 is 0 Å². The molecule has 0 unspecified atom stereocenters. The lowest BCUT2D eigenvalue weighted by molar-refractivity contribution is -0.120. The van der Waals surface area contributed by atoms with Crippen molar-refractivity contribution in [1.82, 2.24) is 5.43 Å². The van der Waals surface area contributed by atoms with Crippen LogP contribution in [0.3, 0.4) is 0 Å². The summed E-state index contributed by atoms with van der Waals surface area (Å²) in [6.07, 6.45) is 0.258. The molecule has 0 aliphatic heterocycles. The zero-order valence-electron chi connectivity index (χ0n) is 11.4. The van der Waals surface area contributed by atoms with Crippen LogP contribution in [0.1, 0.15) is 18.1 Å². The number of benzene rings is 2. The average Bonchev–Trinajstić information content (AvgIpc) is 2.48. The molecule has 1 amide bonds. The van der Waals surface area contributed by atoms with Gasteiger partial charge in [0.15, 0.2) is 0 Å². The first-order chi connectivity index (χ1) is 10.0. The van der Waals surface area contributed by atoms with Crippen molar-refractivity contribution in [2.45, 2.75) is 13.3 Å². The van der Waals surface area contributed by atoms with E-state index in [4.69, 9.17) is 23.2 Å². The monoisotopic (exact) mass is 320 g/mol. The van der Waals surface area contributed by atoms with Crippen LogP contribution in [0.5, 0.6) is 0 Å². The summed E-state index contributed by atoms with van der Waals surface area (Å²) in [7, 11) is 0. The highest BCUT2D eigenvalue weighted by Gasteiger charge is 2.03. The number of hydrazone groups is 1. The van der Waals surface area contributed by atoms with Gasteiger partial charge in [-0.25, -0.2) is 5.43 Å². The molecule has 3 nitrogen and oxygen atoms in total. The van der Waals surface area contributed by atoms with Gasteiger partial charge >= 0.3 is 0 Å². The third-order valence-corrected chi connectivity index (χ3v) is 3.39. The Morgan fingerprint density at radius 1 is 1.00 bits per heavy atom.